The van der Waals surface area contributed by atoms with E-state index in [0.717, 1.165) is 19.9 Å². The molecule has 1 unspecified atom stereocenters. The van der Waals surface area contributed by atoms with Crippen molar-refractivity contribution >= 4 is 11.7 Å². The van der Waals surface area contributed by atoms with Crippen LogP contribution in [-0.2, 0) is 9.53 Å². The first-order chi connectivity index (χ1) is 34.1. The highest BCUT2D eigenvalue weighted by molar-refractivity contribution is 5.70. The van der Waals surface area contributed by atoms with Crippen LogP contribution in [0.4, 0.5) is 155 Å². The Morgan fingerprint density at radius 3 is 1.05 bits per heavy atom. The summed E-state index contributed by atoms with van der Waals surface area (Å²) in [5.74, 6) is -124. The summed E-state index contributed by atoms with van der Waals surface area (Å²) in [6.45, 7) is 1.47. The van der Waals surface area contributed by atoms with E-state index in [0.29, 0.717) is 0 Å². The molecule has 0 N–H and O–H groups in total. The molecule has 0 heterocycles. The van der Waals surface area contributed by atoms with Crippen LogP contribution < -0.4 is 9.47 Å². The number of nitro benzene ring substituents is 1. The van der Waals surface area contributed by atoms with Crippen LogP contribution in [0.25, 0.3) is 0 Å². The number of carbonyl (C=O) groups excluding carboxylic acids is 1. The van der Waals surface area contributed by atoms with E-state index in [9.17, 15) is 164 Å². The smallest absolute Gasteiger partial charge is 0.460 e. The summed E-state index contributed by atoms with van der Waals surface area (Å²) in [6, 6.07) is 0.102. The normalized spacial score (nSPS) is 15.6. The van der Waals surface area contributed by atoms with Crippen LogP contribution in [0.5, 0.6) is 11.5 Å². The number of halogens is 34. The highest BCUT2D eigenvalue weighted by Crippen LogP contribution is 2.66. The maximum atomic E-state index is 14.6. The predicted molar refractivity (Wildman–Crippen MR) is 187 cm³/mol. The number of rotatable bonds is 29. The van der Waals surface area contributed by atoms with Gasteiger partial charge in [0.05, 0.1) is 29.8 Å². The van der Waals surface area contributed by atoms with Gasteiger partial charge in [-0.1, -0.05) is 19.9 Å². The average molecular weight is 1230 g/mol. The molecule has 0 aliphatic heterocycles. The van der Waals surface area contributed by atoms with Crippen LogP contribution in [0.1, 0.15) is 64.0 Å². The van der Waals surface area contributed by atoms with E-state index in [4.69, 9.17) is 9.47 Å². The summed E-state index contributed by atoms with van der Waals surface area (Å²) in [5.41, 5.74) is -2.45. The van der Waals surface area contributed by atoms with Crippen LogP contribution in [0.15, 0.2) is 24.8 Å². The molecule has 1 aromatic rings. The fraction of sp³-hybridized carbons (Fsp3) is 0.757. The van der Waals surface area contributed by atoms with Gasteiger partial charge in [-0.2, -0.15) is 149 Å². The van der Waals surface area contributed by atoms with E-state index in [1.165, 1.54) is 0 Å². The van der Waals surface area contributed by atoms with Crippen molar-refractivity contribution in [1.82, 2.24) is 0 Å². The first kappa shape index (κ1) is 71.1. The number of hydrogen-bond donors (Lipinski definition) is 0. The molecule has 41 heteroatoms. The number of benzene rings is 1. The number of allylic oxidation sites excluding steroid dienone is 1. The Balaban J connectivity index is 3.83. The number of carbonyl (C=O) groups is 1. The maximum absolute atomic E-state index is 14.6. The van der Waals surface area contributed by atoms with Crippen LogP contribution in [0, 0.1) is 16.0 Å². The second-order valence-corrected chi connectivity index (χ2v) is 16.3. The molecule has 0 fully saturated rings. The van der Waals surface area contributed by atoms with Gasteiger partial charge in [-0.3, -0.25) is 14.9 Å². The van der Waals surface area contributed by atoms with Crippen molar-refractivity contribution in [2.75, 3.05) is 13.2 Å². The molecule has 0 bridgehead atoms. The van der Waals surface area contributed by atoms with Crippen molar-refractivity contribution in [2.45, 2.75) is 154 Å². The summed E-state index contributed by atoms with van der Waals surface area (Å²) in [7, 11) is 0. The van der Waals surface area contributed by atoms with Gasteiger partial charge in [0, 0.05) is 19.3 Å². The van der Waals surface area contributed by atoms with Crippen LogP contribution in [0.2, 0.25) is 0 Å². The minimum absolute atomic E-state index is 0.0539. The second-order valence-electron chi connectivity index (χ2n) is 16.3. The standard InChI is InChI=1S/C37H29F34NO6/c1-4-5-8-20(73)78-21(15(2)3)16-13-18(76-11-6-9-22(38,39)24(42,43)26(46,47)28(50,51)30(54,55)32(58,59)34(62,63)36(66,67)68)19(14-17(16)72(74)75)77-12-7-10-23(40,41)25(44,45)27(48,49)29(52,53)31(56,57)33(60,61)35(64,65)37(69,70)71/h4,13-15,21H,1,5-12H2,2-3H3. The molecule has 1 rings (SSSR count). The molecule has 456 valence electrons. The molecule has 0 spiro atoms. The highest BCUT2D eigenvalue weighted by Gasteiger charge is 2.97. The summed E-state index contributed by atoms with van der Waals surface area (Å²) in [6.07, 6.45) is -28.6. The van der Waals surface area contributed by atoms with Crippen molar-refractivity contribution in [2.24, 2.45) is 5.92 Å². The molecule has 0 aromatic heterocycles. The van der Waals surface area contributed by atoms with Crippen molar-refractivity contribution in [1.29, 1.82) is 0 Å². The van der Waals surface area contributed by atoms with E-state index in [2.05, 4.69) is 11.3 Å². The Morgan fingerprint density at radius 1 is 0.500 bits per heavy atom. The van der Waals surface area contributed by atoms with E-state index in [-0.39, 0.29) is 18.6 Å². The zero-order valence-electron chi connectivity index (χ0n) is 37.5. The van der Waals surface area contributed by atoms with E-state index in [1.807, 2.05) is 0 Å². The summed E-state index contributed by atoms with van der Waals surface area (Å²) < 4.78 is 480. The molecule has 0 aliphatic carbocycles. The lowest BCUT2D eigenvalue weighted by Crippen LogP contribution is -2.74. The molecule has 0 radical (unpaired) electrons. The van der Waals surface area contributed by atoms with Crippen LogP contribution >= 0.6 is 0 Å². The Hall–Kier alpha value is -4.95. The van der Waals surface area contributed by atoms with Crippen molar-refractivity contribution < 1.29 is 173 Å². The van der Waals surface area contributed by atoms with Crippen molar-refractivity contribution in [3.8, 4) is 11.5 Å². The summed E-state index contributed by atoms with van der Waals surface area (Å²) in [4.78, 5) is 23.0. The number of hydrogen-bond acceptors (Lipinski definition) is 6. The van der Waals surface area contributed by atoms with Gasteiger partial charge >= 0.3 is 101 Å². The summed E-state index contributed by atoms with van der Waals surface area (Å²) >= 11 is 0. The lowest BCUT2D eigenvalue weighted by atomic mass is 9.88. The largest absolute Gasteiger partial charge is 0.490 e. The van der Waals surface area contributed by atoms with E-state index in [1.54, 1.807) is 0 Å². The Bertz CT molecular complexity index is 2270. The molecule has 1 aromatic carbocycles. The second kappa shape index (κ2) is 21.8. The van der Waals surface area contributed by atoms with Crippen molar-refractivity contribution in [3.63, 3.8) is 0 Å². The quantitative estimate of drug-likeness (QED) is 0.0198. The molecular weight excluding hydrogens is 1200 g/mol. The number of ether oxygens (including phenoxy) is 3. The van der Waals surface area contributed by atoms with Crippen molar-refractivity contribution in [3.05, 3.63) is 40.5 Å². The molecule has 78 heavy (non-hydrogen) atoms. The lowest BCUT2D eigenvalue weighted by Gasteiger charge is -2.42. The zero-order chi connectivity index (χ0) is 62.5. The van der Waals surface area contributed by atoms with E-state index >= 15 is 0 Å². The molecule has 0 saturated carbocycles. The van der Waals surface area contributed by atoms with Gasteiger partial charge < -0.3 is 14.2 Å². The third-order valence-electron chi connectivity index (χ3n) is 10.4. The average Bonchev–Trinajstić information content (AvgIpc) is 3.25. The lowest BCUT2D eigenvalue weighted by molar-refractivity contribution is -0.461. The van der Waals surface area contributed by atoms with Gasteiger partial charge in [0.25, 0.3) is 5.69 Å². The topological polar surface area (TPSA) is 87.9 Å². The minimum atomic E-state index is -9.01. The number of esters is 1. The maximum Gasteiger partial charge on any atom is 0.460 e. The van der Waals surface area contributed by atoms with Crippen LogP contribution in [-0.4, -0.2) is 119 Å². The number of nitro groups is 1. The Labute approximate surface area is 410 Å². The number of alkyl halides is 34. The molecule has 0 aliphatic rings. The third kappa shape index (κ3) is 11.6. The molecular formula is C37H29F34NO6. The predicted octanol–water partition coefficient (Wildman–Crippen LogP) is 16.1. The van der Waals surface area contributed by atoms with Gasteiger partial charge in [-0.25, -0.2) is 0 Å². The van der Waals surface area contributed by atoms with Gasteiger partial charge in [-0.15, -0.1) is 6.58 Å². The van der Waals surface area contributed by atoms with Gasteiger partial charge in [0.1, 0.15) is 6.10 Å². The molecule has 0 amide bonds. The molecule has 7 nitrogen and oxygen atoms in total. The SMILES string of the molecule is C=CCCC(=O)OC(c1cc(OCCCC(F)(F)C(F)(F)C(F)(F)C(F)(F)C(F)(F)C(F)(F)C(F)(F)C(F)(F)F)c(OCCCC(F)(F)C(F)(F)C(F)(F)C(F)(F)C(F)(F)C(F)(F)C(F)(F)C(F)(F)F)cc1[N+](=O)[O-])C(C)C. The van der Waals surface area contributed by atoms with Gasteiger partial charge in [0.15, 0.2) is 11.5 Å². The molecule has 1 atom stereocenters. The summed E-state index contributed by atoms with van der Waals surface area (Å²) in [5, 5.41) is 12.1. The fourth-order valence-corrected chi connectivity index (χ4v) is 5.82. The monoisotopic (exact) mass is 1230 g/mol. The van der Waals surface area contributed by atoms with Gasteiger partial charge in [-0.05, 0) is 31.2 Å². The van der Waals surface area contributed by atoms with Crippen LogP contribution in [0.3, 0.4) is 0 Å². The van der Waals surface area contributed by atoms with Gasteiger partial charge in [0.2, 0.25) is 0 Å². The minimum Gasteiger partial charge on any atom is -0.490 e. The third-order valence-corrected chi connectivity index (χ3v) is 10.4. The van der Waals surface area contributed by atoms with E-state index < -0.39 is 186 Å². The highest BCUT2D eigenvalue weighted by atomic mass is 19.4. The first-order valence-electron chi connectivity index (χ1n) is 20.0. The Kier molecular flexibility index (Phi) is 19.9. The number of nitrogens with zero attached hydrogens (tertiary/aromatic N) is 1. The zero-order valence-corrected chi connectivity index (χ0v) is 37.5. The fourth-order valence-electron chi connectivity index (χ4n) is 5.82. The molecule has 0 saturated heterocycles. The Morgan fingerprint density at radius 2 is 0.782 bits per heavy atom. The first-order valence-corrected chi connectivity index (χ1v) is 20.0.